The van der Waals surface area contributed by atoms with Crippen molar-refractivity contribution in [1.82, 2.24) is 9.21 Å². The minimum atomic E-state index is -3.59. The number of rotatable bonds is 7. The predicted molar refractivity (Wildman–Crippen MR) is 92.5 cm³/mol. The van der Waals surface area contributed by atoms with E-state index >= 15 is 0 Å². The zero-order chi connectivity index (χ0) is 17.6. The van der Waals surface area contributed by atoms with Crippen molar-refractivity contribution >= 4 is 15.9 Å². The van der Waals surface area contributed by atoms with Crippen molar-refractivity contribution in [2.75, 3.05) is 39.4 Å². The first-order chi connectivity index (χ1) is 11.5. The second-order valence-electron chi connectivity index (χ2n) is 5.84. The van der Waals surface area contributed by atoms with Crippen LogP contribution >= 0.6 is 0 Å². The summed E-state index contributed by atoms with van der Waals surface area (Å²) in [6, 6.07) is 6.35. The highest BCUT2D eigenvalue weighted by Crippen LogP contribution is 2.19. The van der Waals surface area contributed by atoms with Gasteiger partial charge in [0.15, 0.2) is 0 Å². The molecule has 0 spiro atoms. The first kappa shape index (κ1) is 18.9. The minimum Gasteiger partial charge on any atom is -0.379 e. The third-order valence-corrected chi connectivity index (χ3v) is 5.86. The van der Waals surface area contributed by atoms with E-state index in [0.717, 1.165) is 12.8 Å². The third-order valence-electron chi connectivity index (χ3n) is 3.96. The lowest BCUT2D eigenvalue weighted by Crippen LogP contribution is -2.40. The van der Waals surface area contributed by atoms with Crippen LogP contribution < -0.4 is 0 Å². The average molecular weight is 354 g/mol. The second-order valence-corrected chi connectivity index (χ2v) is 7.77. The zero-order valence-electron chi connectivity index (χ0n) is 14.4. The molecule has 1 saturated heterocycles. The van der Waals surface area contributed by atoms with Crippen LogP contribution in [0, 0.1) is 0 Å². The topological polar surface area (TPSA) is 66.9 Å². The smallest absolute Gasteiger partial charge is 0.253 e. The van der Waals surface area contributed by atoms with Crippen LogP contribution in [0.5, 0.6) is 0 Å². The number of sulfonamides is 1. The van der Waals surface area contributed by atoms with Gasteiger partial charge in [0, 0.05) is 31.7 Å². The van der Waals surface area contributed by atoms with Crippen LogP contribution in [0.25, 0.3) is 0 Å². The molecule has 2 rings (SSSR count). The number of hydrogen-bond acceptors (Lipinski definition) is 4. The van der Waals surface area contributed by atoms with Crippen LogP contribution in [0.15, 0.2) is 29.2 Å². The molecule has 1 fully saturated rings. The molecule has 0 bridgehead atoms. The molecule has 0 N–H and O–H groups in total. The number of morpholine rings is 1. The van der Waals surface area contributed by atoms with E-state index in [0.29, 0.717) is 45.0 Å². The molecule has 1 aliphatic heterocycles. The minimum absolute atomic E-state index is 0.113. The molecule has 1 heterocycles. The molecule has 6 nitrogen and oxygen atoms in total. The summed E-state index contributed by atoms with van der Waals surface area (Å²) >= 11 is 0. The van der Waals surface area contributed by atoms with E-state index in [1.165, 1.54) is 10.4 Å². The average Bonchev–Trinajstić information content (AvgIpc) is 2.62. The Morgan fingerprint density at radius 3 is 2.38 bits per heavy atom. The molecule has 134 valence electrons. The summed E-state index contributed by atoms with van der Waals surface area (Å²) in [7, 11) is -3.59. The SMILES string of the molecule is CCCN(CCC)C(=O)c1cccc(S(=O)(=O)N2CCOCC2)c1. The highest BCUT2D eigenvalue weighted by molar-refractivity contribution is 7.89. The first-order valence-corrected chi connectivity index (χ1v) is 9.92. The Balaban J connectivity index is 2.25. The van der Waals surface area contributed by atoms with Crippen LogP contribution in [0.1, 0.15) is 37.0 Å². The van der Waals surface area contributed by atoms with E-state index in [9.17, 15) is 13.2 Å². The predicted octanol–water partition coefficient (Wildman–Crippen LogP) is 1.97. The Morgan fingerprint density at radius 2 is 1.79 bits per heavy atom. The summed E-state index contributed by atoms with van der Waals surface area (Å²) in [4.78, 5) is 14.6. The zero-order valence-corrected chi connectivity index (χ0v) is 15.2. The van der Waals surface area contributed by atoms with Crippen LogP contribution in [-0.2, 0) is 14.8 Å². The molecule has 1 aromatic carbocycles. The maximum Gasteiger partial charge on any atom is 0.253 e. The number of carbonyl (C=O) groups is 1. The van der Waals surface area contributed by atoms with Crippen LogP contribution in [0.2, 0.25) is 0 Å². The van der Waals surface area contributed by atoms with Crippen molar-refractivity contribution in [3.05, 3.63) is 29.8 Å². The van der Waals surface area contributed by atoms with Gasteiger partial charge in [-0.3, -0.25) is 4.79 Å². The Morgan fingerprint density at radius 1 is 1.17 bits per heavy atom. The standard InChI is InChI=1S/C17H26N2O4S/c1-3-8-18(9-4-2)17(20)15-6-5-7-16(14-15)24(21,22)19-10-12-23-13-11-19/h5-7,14H,3-4,8-13H2,1-2H3. The van der Waals surface area contributed by atoms with Crippen molar-refractivity contribution in [2.24, 2.45) is 0 Å². The van der Waals surface area contributed by atoms with E-state index in [2.05, 4.69) is 0 Å². The summed E-state index contributed by atoms with van der Waals surface area (Å²) < 4.78 is 32.1. The molecule has 0 saturated carbocycles. The number of benzene rings is 1. The highest BCUT2D eigenvalue weighted by atomic mass is 32.2. The Kier molecular flexibility index (Phi) is 6.77. The van der Waals surface area contributed by atoms with Crippen LogP contribution in [0.3, 0.4) is 0 Å². The van der Waals surface area contributed by atoms with Crippen molar-refractivity contribution in [2.45, 2.75) is 31.6 Å². The van der Waals surface area contributed by atoms with E-state index in [1.54, 1.807) is 23.1 Å². The largest absolute Gasteiger partial charge is 0.379 e. The lowest BCUT2D eigenvalue weighted by atomic mass is 10.2. The molecular weight excluding hydrogens is 328 g/mol. The lowest BCUT2D eigenvalue weighted by Gasteiger charge is -2.26. The summed E-state index contributed by atoms with van der Waals surface area (Å²) in [6.45, 7) is 6.89. The third kappa shape index (κ3) is 4.34. The normalized spacial score (nSPS) is 16.1. The van der Waals surface area contributed by atoms with Gasteiger partial charge in [-0.2, -0.15) is 4.31 Å². The summed E-state index contributed by atoms with van der Waals surface area (Å²) in [5.41, 5.74) is 0.422. The molecular formula is C17H26N2O4S. The Hall–Kier alpha value is -1.44. The maximum atomic E-state index is 12.7. The molecule has 24 heavy (non-hydrogen) atoms. The molecule has 0 aromatic heterocycles. The van der Waals surface area contributed by atoms with Gasteiger partial charge in [-0.25, -0.2) is 8.42 Å². The van der Waals surface area contributed by atoms with E-state index in [1.807, 2.05) is 13.8 Å². The van der Waals surface area contributed by atoms with Crippen molar-refractivity contribution in [1.29, 1.82) is 0 Å². The number of carbonyl (C=O) groups excluding carboxylic acids is 1. The number of ether oxygens (including phenoxy) is 1. The van der Waals surface area contributed by atoms with Gasteiger partial charge in [0.2, 0.25) is 10.0 Å². The molecule has 7 heteroatoms. The van der Waals surface area contributed by atoms with E-state index < -0.39 is 10.0 Å². The van der Waals surface area contributed by atoms with Gasteiger partial charge in [0.05, 0.1) is 18.1 Å². The van der Waals surface area contributed by atoms with E-state index in [4.69, 9.17) is 4.74 Å². The molecule has 0 atom stereocenters. The lowest BCUT2D eigenvalue weighted by molar-refractivity contribution is 0.0729. The van der Waals surface area contributed by atoms with Gasteiger partial charge < -0.3 is 9.64 Å². The number of amides is 1. The fraction of sp³-hybridized carbons (Fsp3) is 0.588. The van der Waals surface area contributed by atoms with Gasteiger partial charge >= 0.3 is 0 Å². The molecule has 0 radical (unpaired) electrons. The van der Waals surface area contributed by atoms with Gasteiger partial charge in [0.25, 0.3) is 5.91 Å². The van der Waals surface area contributed by atoms with Crippen LogP contribution in [0.4, 0.5) is 0 Å². The quantitative estimate of drug-likeness (QED) is 0.751. The number of hydrogen-bond donors (Lipinski definition) is 0. The molecule has 1 aliphatic rings. The Bertz CT molecular complexity index is 648. The molecule has 1 aromatic rings. The van der Waals surface area contributed by atoms with Gasteiger partial charge in [-0.05, 0) is 31.0 Å². The molecule has 0 unspecified atom stereocenters. The van der Waals surface area contributed by atoms with Crippen molar-refractivity contribution in [3.8, 4) is 0 Å². The second kappa shape index (κ2) is 8.60. The fourth-order valence-electron chi connectivity index (χ4n) is 2.76. The van der Waals surface area contributed by atoms with Gasteiger partial charge in [-0.1, -0.05) is 19.9 Å². The van der Waals surface area contributed by atoms with Crippen LogP contribution in [-0.4, -0.2) is 62.9 Å². The van der Waals surface area contributed by atoms with Gasteiger partial charge in [0.1, 0.15) is 0 Å². The summed E-state index contributed by atoms with van der Waals surface area (Å²) in [5, 5.41) is 0. The molecule has 1 amide bonds. The Labute approximate surface area is 144 Å². The monoisotopic (exact) mass is 354 g/mol. The fourth-order valence-corrected chi connectivity index (χ4v) is 4.22. The molecule has 0 aliphatic carbocycles. The summed E-state index contributed by atoms with van der Waals surface area (Å²) in [6.07, 6.45) is 1.75. The number of nitrogens with zero attached hydrogens (tertiary/aromatic N) is 2. The first-order valence-electron chi connectivity index (χ1n) is 8.48. The summed E-state index contributed by atoms with van der Waals surface area (Å²) in [5.74, 6) is -0.113. The maximum absolute atomic E-state index is 12.7. The van der Waals surface area contributed by atoms with Gasteiger partial charge in [-0.15, -0.1) is 0 Å². The van der Waals surface area contributed by atoms with Crippen molar-refractivity contribution in [3.63, 3.8) is 0 Å². The highest BCUT2D eigenvalue weighted by Gasteiger charge is 2.27. The van der Waals surface area contributed by atoms with E-state index in [-0.39, 0.29) is 10.8 Å². The van der Waals surface area contributed by atoms with Crippen molar-refractivity contribution < 1.29 is 17.9 Å².